The van der Waals surface area contributed by atoms with Crippen molar-refractivity contribution in [1.82, 2.24) is 5.32 Å². The summed E-state index contributed by atoms with van der Waals surface area (Å²) in [6.07, 6.45) is 0. The highest BCUT2D eigenvalue weighted by molar-refractivity contribution is 8.00. The van der Waals surface area contributed by atoms with E-state index >= 15 is 0 Å². The third-order valence-corrected chi connectivity index (χ3v) is 4.81. The predicted molar refractivity (Wildman–Crippen MR) is 88.7 cm³/mol. The van der Waals surface area contributed by atoms with Gasteiger partial charge < -0.3 is 5.32 Å². The number of carbonyl (C=O) groups excluding carboxylic acids is 1. The molecule has 0 fully saturated rings. The first-order chi connectivity index (χ1) is 9.00. The van der Waals surface area contributed by atoms with Crippen molar-refractivity contribution in [3.63, 3.8) is 0 Å². The highest BCUT2D eigenvalue weighted by Crippen LogP contribution is 2.39. The van der Waals surface area contributed by atoms with Gasteiger partial charge in [-0.1, -0.05) is 85.0 Å². The highest BCUT2D eigenvalue weighted by Gasteiger charge is 2.37. The van der Waals surface area contributed by atoms with E-state index in [9.17, 15) is 4.79 Å². The molecule has 0 aliphatic carbocycles. The Kier molecular flexibility index (Phi) is 6.09. The normalized spacial score (nSPS) is 13.9. The van der Waals surface area contributed by atoms with Gasteiger partial charge in [0.05, 0.1) is 0 Å². The van der Waals surface area contributed by atoms with Crippen LogP contribution in [0, 0.1) is 12.3 Å². The smallest absolute Gasteiger partial charge is 0.226 e. The summed E-state index contributed by atoms with van der Waals surface area (Å²) in [5, 5.41) is 2.14. The molecule has 0 aromatic heterocycles. The number of hydrogen-bond acceptors (Lipinski definition) is 2. The maximum absolute atomic E-state index is 12.1. The first-order valence-corrected chi connectivity index (χ1v) is 8.12. The predicted octanol–water partition coefficient (Wildman–Crippen LogP) is 4.95. The third-order valence-electron chi connectivity index (χ3n) is 2.52. The molecule has 1 aromatic rings. The molecule has 0 saturated heterocycles. The lowest BCUT2D eigenvalue weighted by atomic mass is 9.96. The third kappa shape index (κ3) is 5.72. The van der Waals surface area contributed by atoms with Gasteiger partial charge in [0.2, 0.25) is 9.70 Å². The average Bonchev–Trinajstić information content (AvgIpc) is 2.28. The minimum absolute atomic E-state index is 0.159. The van der Waals surface area contributed by atoms with Crippen molar-refractivity contribution in [3.8, 4) is 0 Å². The van der Waals surface area contributed by atoms with Crippen LogP contribution in [0.4, 0.5) is 0 Å². The Balaban J connectivity index is 2.86. The van der Waals surface area contributed by atoms with Gasteiger partial charge in [-0.05, 0) is 19.1 Å². The van der Waals surface area contributed by atoms with Crippen LogP contribution in [-0.4, -0.2) is 15.1 Å². The molecule has 0 heterocycles. The van der Waals surface area contributed by atoms with Crippen molar-refractivity contribution in [2.75, 3.05) is 0 Å². The number of hydrogen-bond donors (Lipinski definition) is 1. The Hall–Kier alpha value is -0.0900. The maximum Gasteiger partial charge on any atom is 0.226 e. The van der Waals surface area contributed by atoms with Gasteiger partial charge in [-0.3, -0.25) is 4.79 Å². The molecule has 1 atom stereocenters. The zero-order valence-corrected chi connectivity index (χ0v) is 14.9. The molecule has 0 radical (unpaired) electrons. The summed E-state index contributed by atoms with van der Waals surface area (Å²) in [7, 11) is 0. The number of amides is 1. The number of rotatable bonds is 3. The minimum atomic E-state index is -1.59. The maximum atomic E-state index is 12.1. The van der Waals surface area contributed by atoms with Crippen LogP contribution in [0.2, 0.25) is 0 Å². The summed E-state index contributed by atoms with van der Waals surface area (Å²) >= 11 is 19.2. The first-order valence-electron chi connectivity index (χ1n) is 6.11. The molecule has 1 amide bonds. The Labute approximate surface area is 139 Å². The molecule has 20 heavy (non-hydrogen) atoms. The number of aryl methyl sites for hydroxylation is 1. The van der Waals surface area contributed by atoms with Crippen LogP contribution in [0.25, 0.3) is 0 Å². The fourth-order valence-electron chi connectivity index (χ4n) is 1.27. The molecular formula is C14H18Cl3NOS. The summed E-state index contributed by atoms with van der Waals surface area (Å²) in [6.45, 7) is 7.44. The molecule has 6 heteroatoms. The molecule has 0 aliphatic heterocycles. The lowest BCUT2D eigenvalue weighted by Gasteiger charge is -2.28. The fourth-order valence-corrected chi connectivity index (χ4v) is 2.70. The number of benzene rings is 1. The highest BCUT2D eigenvalue weighted by atomic mass is 35.6. The Morgan fingerprint density at radius 1 is 1.15 bits per heavy atom. The molecule has 0 spiro atoms. The van der Waals surface area contributed by atoms with E-state index in [-0.39, 0.29) is 5.91 Å². The summed E-state index contributed by atoms with van der Waals surface area (Å²) in [4.78, 5) is 13.0. The lowest BCUT2D eigenvalue weighted by Crippen LogP contribution is -2.46. The van der Waals surface area contributed by atoms with E-state index in [1.807, 2.05) is 52.0 Å². The fraction of sp³-hybridized carbons (Fsp3) is 0.500. The number of carbonyl (C=O) groups is 1. The van der Waals surface area contributed by atoms with Gasteiger partial charge in [0.15, 0.2) is 0 Å². The van der Waals surface area contributed by atoms with Crippen molar-refractivity contribution in [1.29, 1.82) is 0 Å². The number of halogens is 3. The van der Waals surface area contributed by atoms with Crippen LogP contribution in [-0.2, 0) is 4.79 Å². The lowest BCUT2D eigenvalue weighted by molar-refractivity contribution is -0.128. The number of thioether (sulfide) groups is 1. The van der Waals surface area contributed by atoms with E-state index < -0.39 is 14.6 Å². The van der Waals surface area contributed by atoms with Crippen LogP contribution in [0.15, 0.2) is 29.2 Å². The number of nitrogens with one attached hydrogen (secondary N) is 1. The minimum Gasteiger partial charge on any atom is -0.339 e. The molecule has 0 unspecified atom stereocenters. The van der Waals surface area contributed by atoms with Crippen LogP contribution in [0.5, 0.6) is 0 Å². The van der Waals surface area contributed by atoms with E-state index in [4.69, 9.17) is 34.8 Å². The molecule has 0 bridgehead atoms. The van der Waals surface area contributed by atoms with E-state index in [0.29, 0.717) is 0 Å². The summed E-state index contributed by atoms with van der Waals surface area (Å²) < 4.78 is -1.59. The Morgan fingerprint density at radius 3 is 2.05 bits per heavy atom. The summed E-state index contributed by atoms with van der Waals surface area (Å²) in [6, 6.07) is 7.83. The van der Waals surface area contributed by atoms with Gasteiger partial charge in [0.25, 0.3) is 0 Å². The zero-order chi connectivity index (χ0) is 15.6. The largest absolute Gasteiger partial charge is 0.339 e. The van der Waals surface area contributed by atoms with E-state index in [1.54, 1.807) is 0 Å². The monoisotopic (exact) mass is 353 g/mol. The van der Waals surface area contributed by atoms with Crippen molar-refractivity contribution >= 4 is 52.5 Å². The van der Waals surface area contributed by atoms with Gasteiger partial charge >= 0.3 is 0 Å². The summed E-state index contributed by atoms with van der Waals surface area (Å²) in [5.41, 5.74) is 0.612. The second-order valence-electron chi connectivity index (χ2n) is 5.58. The van der Waals surface area contributed by atoms with E-state index in [1.165, 1.54) is 11.8 Å². The standard InChI is InChI=1S/C14H18Cl3NOS/c1-9-5-7-10(8-6-9)20-12(14(15,16)17)18-11(19)13(2,3)4/h5-8,12H,1-4H3,(H,18,19)/t12-/m1/s1. The first kappa shape index (κ1) is 18.0. The van der Waals surface area contributed by atoms with Crippen LogP contribution in [0.3, 0.4) is 0 Å². The van der Waals surface area contributed by atoms with Gasteiger partial charge in [-0.2, -0.15) is 0 Å². The molecular weight excluding hydrogens is 337 g/mol. The van der Waals surface area contributed by atoms with Crippen molar-refractivity contribution in [3.05, 3.63) is 29.8 Å². The molecule has 1 N–H and O–H groups in total. The average molecular weight is 355 g/mol. The molecule has 1 aromatic carbocycles. The van der Waals surface area contributed by atoms with Gasteiger partial charge in [-0.25, -0.2) is 0 Å². The topological polar surface area (TPSA) is 29.1 Å². The molecule has 112 valence electrons. The van der Waals surface area contributed by atoms with Crippen LogP contribution < -0.4 is 5.32 Å². The van der Waals surface area contributed by atoms with E-state index in [2.05, 4.69) is 5.32 Å². The summed E-state index contributed by atoms with van der Waals surface area (Å²) in [5.74, 6) is -0.159. The van der Waals surface area contributed by atoms with E-state index in [0.717, 1.165) is 10.5 Å². The molecule has 0 saturated carbocycles. The van der Waals surface area contributed by atoms with Crippen molar-refractivity contribution in [2.45, 2.75) is 41.8 Å². The zero-order valence-electron chi connectivity index (χ0n) is 11.8. The van der Waals surface area contributed by atoms with Gasteiger partial charge in [0.1, 0.15) is 5.37 Å². The molecule has 1 rings (SSSR count). The molecule has 0 aliphatic rings. The SMILES string of the molecule is Cc1ccc(S[C@@H](NC(=O)C(C)(C)C)C(Cl)(Cl)Cl)cc1. The second-order valence-corrected chi connectivity index (χ2v) is 9.12. The Morgan fingerprint density at radius 2 is 1.65 bits per heavy atom. The molecule has 2 nitrogen and oxygen atoms in total. The van der Waals surface area contributed by atoms with Crippen molar-refractivity contribution < 1.29 is 4.79 Å². The van der Waals surface area contributed by atoms with Crippen LogP contribution in [0.1, 0.15) is 26.3 Å². The van der Waals surface area contributed by atoms with Crippen LogP contribution >= 0.6 is 46.6 Å². The Bertz CT molecular complexity index is 463. The van der Waals surface area contributed by atoms with Gasteiger partial charge in [0, 0.05) is 10.3 Å². The van der Waals surface area contributed by atoms with Crippen molar-refractivity contribution in [2.24, 2.45) is 5.41 Å². The number of alkyl halides is 3. The second kappa shape index (κ2) is 6.78. The van der Waals surface area contributed by atoms with Gasteiger partial charge in [-0.15, -0.1) is 0 Å². The quantitative estimate of drug-likeness (QED) is 0.473.